The summed E-state index contributed by atoms with van der Waals surface area (Å²) in [5.41, 5.74) is 3.15. The van der Waals surface area contributed by atoms with Gasteiger partial charge in [-0.25, -0.2) is 4.98 Å². The summed E-state index contributed by atoms with van der Waals surface area (Å²) in [5, 5.41) is 0. The first-order valence-corrected chi connectivity index (χ1v) is 4.88. The Bertz CT molecular complexity index is 520. The lowest BCUT2D eigenvalue weighted by molar-refractivity contribution is 0.112. The Kier molecular flexibility index (Phi) is 2.77. The van der Waals surface area contributed by atoms with Crippen LogP contribution in [0, 0.1) is 12.9 Å². The quantitative estimate of drug-likeness (QED) is 0.569. The van der Waals surface area contributed by atoms with Crippen LogP contribution in [0.15, 0.2) is 36.5 Å². The lowest BCUT2D eigenvalue weighted by atomic mass is 10.00. The van der Waals surface area contributed by atoms with Crippen LogP contribution in [0.5, 0.6) is 0 Å². The van der Waals surface area contributed by atoms with Crippen molar-refractivity contribution in [1.29, 1.82) is 0 Å². The van der Waals surface area contributed by atoms with E-state index in [1.807, 2.05) is 19.1 Å². The summed E-state index contributed by atoms with van der Waals surface area (Å²) in [6, 6.07) is 8.40. The van der Waals surface area contributed by atoms with Gasteiger partial charge >= 0.3 is 0 Å². The van der Waals surface area contributed by atoms with Crippen molar-refractivity contribution < 1.29 is 9.18 Å². The highest BCUT2D eigenvalue weighted by atomic mass is 19.1. The van der Waals surface area contributed by atoms with Gasteiger partial charge < -0.3 is 0 Å². The Morgan fingerprint density at radius 1 is 1.25 bits per heavy atom. The summed E-state index contributed by atoms with van der Waals surface area (Å²) in [5.74, 6) is -0.524. The van der Waals surface area contributed by atoms with E-state index in [0.717, 1.165) is 23.0 Å². The Morgan fingerprint density at radius 3 is 2.69 bits per heavy atom. The topological polar surface area (TPSA) is 30.0 Å². The molecule has 0 amide bonds. The first-order valence-electron chi connectivity index (χ1n) is 4.88. The molecule has 0 spiro atoms. The summed E-state index contributed by atoms with van der Waals surface area (Å²) < 4.78 is 12.7. The van der Waals surface area contributed by atoms with Gasteiger partial charge in [-0.1, -0.05) is 23.8 Å². The van der Waals surface area contributed by atoms with Crippen molar-refractivity contribution in [3.05, 3.63) is 53.6 Å². The number of nitrogens with zero attached hydrogens (tertiary/aromatic N) is 1. The first-order chi connectivity index (χ1) is 7.70. The van der Waals surface area contributed by atoms with Crippen molar-refractivity contribution in [3.63, 3.8) is 0 Å². The van der Waals surface area contributed by atoms with Gasteiger partial charge in [0, 0.05) is 17.3 Å². The predicted molar refractivity (Wildman–Crippen MR) is 59.8 cm³/mol. The molecule has 80 valence electrons. The number of aromatic nitrogens is 1. The standard InChI is InChI=1S/C13H10FNO/c1-9-2-3-11(8-16)12(6-9)10-4-5-13(14)15-7-10/h2-8H,1H3. The number of pyridine rings is 1. The molecule has 0 bridgehead atoms. The van der Waals surface area contributed by atoms with Crippen LogP contribution in [0.3, 0.4) is 0 Å². The lowest BCUT2D eigenvalue weighted by Crippen LogP contribution is -1.90. The summed E-state index contributed by atoms with van der Waals surface area (Å²) in [7, 11) is 0. The molecule has 0 unspecified atom stereocenters. The third-order valence-corrected chi connectivity index (χ3v) is 2.37. The minimum atomic E-state index is -0.524. The highest BCUT2D eigenvalue weighted by molar-refractivity contribution is 5.87. The highest BCUT2D eigenvalue weighted by Crippen LogP contribution is 2.23. The van der Waals surface area contributed by atoms with Crippen LogP contribution in [0.2, 0.25) is 0 Å². The fourth-order valence-corrected chi connectivity index (χ4v) is 1.56. The van der Waals surface area contributed by atoms with E-state index in [1.165, 1.54) is 12.3 Å². The summed E-state index contributed by atoms with van der Waals surface area (Å²) in [4.78, 5) is 14.5. The van der Waals surface area contributed by atoms with E-state index in [2.05, 4.69) is 4.98 Å². The van der Waals surface area contributed by atoms with Crippen LogP contribution in [0.25, 0.3) is 11.1 Å². The Labute approximate surface area is 92.8 Å². The molecular weight excluding hydrogens is 205 g/mol. The lowest BCUT2D eigenvalue weighted by Gasteiger charge is -2.05. The molecule has 0 fully saturated rings. The van der Waals surface area contributed by atoms with Crippen molar-refractivity contribution in [1.82, 2.24) is 4.98 Å². The van der Waals surface area contributed by atoms with Crippen LogP contribution in [-0.2, 0) is 0 Å². The van der Waals surface area contributed by atoms with E-state index in [4.69, 9.17) is 0 Å². The molecule has 2 nitrogen and oxygen atoms in total. The molecule has 3 heteroatoms. The second kappa shape index (κ2) is 4.23. The van der Waals surface area contributed by atoms with Gasteiger partial charge in [-0.15, -0.1) is 0 Å². The van der Waals surface area contributed by atoms with Crippen molar-refractivity contribution >= 4 is 6.29 Å². The van der Waals surface area contributed by atoms with Gasteiger partial charge in [0.2, 0.25) is 5.95 Å². The molecule has 2 aromatic rings. The zero-order chi connectivity index (χ0) is 11.5. The number of carbonyl (C=O) groups is 1. The number of rotatable bonds is 2. The predicted octanol–water partition coefficient (Wildman–Crippen LogP) is 3.01. The summed E-state index contributed by atoms with van der Waals surface area (Å²) >= 11 is 0. The Morgan fingerprint density at radius 2 is 2.06 bits per heavy atom. The van der Waals surface area contributed by atoms with Crippen molar-refractivity contribution in [2.45, 2.75) is 6.92 Å². The molecule has 0 saturated heterocycles. The molecule has 0 aliphatic rings. The maximum atomic E-state index is 12.7. The Balaban J connectivity index is 2.57. The van der Waals surface area contributed by atoms with E-state index in [1.54, 1.807) is 12.1 Å². The van der Waals surface area contributed by atoms with Crippen LogP contribution in [-0.4, -0.2) is 11.3 Å². The van der Waals surface area contributed by atoms with Crippen molar-refractivity contribution in [2.75, 3.05) is 0 Å². The molecule has 0 saturated carbocycles. The minimum Gasteiger partial charge on any atom is -0.298 e. The monoisotopic (exact) mass is 215 g/mol. The van der Waals surface area contributed by atoms with E-state index in [-0.39, 0.29) is 0 Å². The number of aldehydes is 1. The molecule has 0 radical (unpaired) electrons. The van der Waals surface area contributed by atoms with Crippen LogP contribution < -0.4 is 0 Å². The molecular formula is C13H10FNO. The normalized spacial score (nSPS) is 10.1. The maximum absolute atomic E-state index is 12.7. The zero-order valence-corrected chi connectivity index (χ0v) is 8.77. The third kappa shape index (κ3) is 1.98. The molecule has 0 aliphatic carbocycles. The summed E-state index contributed by atoms with van der Waals surface area (Å²) in [6.45, 7) is 1.94. The number of hydrogen-bond acceptors (Lipinski definition) is 2. The fourth-order valence-electron chi connectivity index (χ4n) is 1.56. The fraction of sp³-hybridized carbons (Fsp3) is 0.0769. The second-order valence-corrected chi connectivity index (χ2v) is 3.58. The maximum Gasteiger partial charge on any atom is 0.212 e. The first kappa shape index (κ1) is 10.5. The van der Waals surface area contributed by atoms with E-state index >= 15 is 0 Å². The molecule has 1 heterocycles. The van der Waals surface area contributed by atoms with Gasteiger partial charge in [-0.3, -0.25) is 4.79 Å². The number of hydrogen-bond donors (Lipinski definition) is 0. The van der Waals surface area contributed by atoms with Crippen molar-refractivity contribution in [2.24, 2.45) is 0 Å². The van der Waals surface area contributed by atoms with E-state index in [0.29, 0.717) is 5.56 Å². The number of halogens is 1. The minimum absolute atomic E-state index is 0.524. The van der Waals surface area contributed by atoms with Gasteiger partial charge in [0.05, 0.1) is 0 Å². The van der Waals surface area contributed by atoms with Gasteiger partial charge in [0.25, 0.3) is 0 Å². The molecule has 0 atom stereocenters. The Hall–Kier alpha value is -2.03. The number of benzene rings is 1. The van der Waals surface area contributed by atoms with Gasteiger partial charge in [-0.05, 0) is 24.6 Å². The van der Waals surface area contributed by atoms with Gasteiger partial charge in [-0.2, -0.15) is 4.39 Å². The zero-order valence-electron chi connectivity index (χ0n) is 8.77. The third-order valence-electron chi connectivity index (χ3n) is 2.37. The average Bonchev–Trinajstić information content (AvgIpc) is 2.30. The molecule has 2 rings (SSSR count). The largest absolute Gasteiger partial charge is 0.298 e. The molecule has 0 N–H and O–H groups in total. The second-order valence-electron chi connectivity index (χ2n) is 3.58. The average molecular weight is 215 g/mol. The van der Waals surface area contributed by atoms with Crippen LogP contribution in [0.1, 0.15) is 15.9 Å². The van der Waals surface area contributed by atoms with E-state index in [9.17, 15) is 9.18 Å². The van der Waals surface area contributed by atoms with Crippen LogP contribution >= 0.6 is 0 Å². The molecule has 1 aromatic carbocycles. The molecule has 0 aliphatic heterocycles. The number of carbonyl (C=O) groups excluding carboxylic acids is 1. The van der Waals surface area contributed by atoms with Crippen LogP contribution in [0.4, 0.5) is 4.39 Å². The SMILES string of the molecule is Cc1ccc(C=O)c(-c2ccc(F)nc2)c1. The molecule has 1 aromatic heterocycles. The highest BCUT2D eigenvalue weighted by Gasteiger charge is 2.05. The van der Waals surface area contributed by atoms with E-state index < -0.39 is 5.95 Å². The summed E-state index contributed by atoms with van der Waals surface area (Å²) in [6.07, 6.45) is 2.22. The van der Waals surface area contributed by atoms with Gasteiger partial charge in [0.1, 0.15) is 0 Å². The number of aryl methyl sites for hydroxylation is 1. The smallest absolute Gasteiger partial charge is 0.212 e. The van der Waals surface area contributed by atoms with Gasteiger partial charge in [0.15, 0.2) is 6.29 Å². The van der Waals surface area contributed by atoms with Crippen molar-refractivity contribution in [3.8, 4) is 11.1 Å². The molecule has 16 heavy (non-hydrogen) atoms.